The van der Waals surface area contributed by atoms with Crippen LogP contribution < -0.4 is 10.5 Å². The molecular weight excluding hydrogens is 371 g/mol. The van der Waals surface area contributed by atoms with Crippen molar-refractivity contribution in [2.24, 2.45) is 0 Å². The largest absolute Gasteiger partial charge is 0.399 e. The lowest BCUT2D eigenvalue weighted by molar-refractivity contribution is 0.600. The maximum Gasteiger partial charge on any atom is 0.263 e. The van der Waals surface area contributed by atoms with Crippen LogP contribution in [-0.4, -0.2) is 8.42 Å². The lowest BCUT2D eigenvalue weighted by atomic mass is 10.3. The van der Waals surface area contributed by atoms with Gasteiger partial charge in [-0.05, 0) is 52.3 Å². The molecule has 0 radical (unpaired) electrons. The standard InChI is InChI=1S/C12H9BrClFN2O2S/c13-11-2-1-9(16)6-12(11)20(18,19)17-10-4-7(14)3-8(15)5-10/h1-6,17H,16H2. The average Bonchev–Trinajstić information content (AvgIpc) is 2.30. The summed E-state index contributed by atoms with van der Waals surface area (Å²) in [5.74, 6) is -0.637. The molecule has 0 spiro atoms. The molecule has 2 aromatic carbocycles. The van der Waals surface area contributed by atoms with E-state index >= 15 is 0 Å². The van der Waals surface area contributed by atoms with Gasteiger partial charge in [-0.1, -0.05) is 11.6 Å². The van der Waals surface area contributed by atoms with Crippen molar-refractivity contribution in [3.8, 4) is 0 Å². The van der Waals surface area contributed by atoms with Gasteiger partial charge < -0.3 is 5.73 Å². The summed E-state index contributed by atoms with van der Waals surface area (Å²) in [7, 11) is -3.90. The van der Waals surface area contributed by atoms with Crippen LogP contribution in [-0.2, 0) is 10.0 Å². The van der Waals surface area contributed by atoms with Gasteiger partial charge in [0, 0.05) is 15.2 Å². The average molecular weight is 380 g/mol. The van der Waals surface area contributed by atoms with Gasteiger partial charge in [0.25, 0.3) is 10.0 Å². The maximum absolute atomic E-state index is 13.2. The summed E-state index contributed by atoms with van der Waals surface area (Å²) < 4.78 is 40.3. The number of rotatable bonds is 3. The Bertz CT molecular complexity index is 748. The quantitative estimate of drug-likeness (QED) is 0.800. The summed E-state index contributed by atoms with van der Waals surface area (Å²) in [5, 5.41) is 0.0920. The van der Waals surface area contributed by atoms with Gasteiger partial charge in [-0.15, -0.1) is 0 Å². The number of nitrogens with one attached hydrogen (secondary N) is 1. The second-order valence-electron chi connectivity index (χ2n) is 3.95. The van der Waals surface area contributed by atoms with Crippen LogP contribution in [0.3, 0.4) is 0 Å². The van der Waals surface area contributed by atoms with Crippen molar-refractivity contribution in [2.45, 2.75) is 4.90 Å². The van der Waals surface area contributed by atoms with Gasteiger partial charge in [-0.3, -0.25) is 4.72 Å². The lowest BCUT2D eigenvalue weighted by Gasteiger charge is -2.10. The van der Waals surface area contributed by atoms with Crippen molar-refractivity contribution in [1.29, 1.82) is 0 Å². The zero-order chi connectivity index (χ0) is 14.9. The lowest BCUT2D eigenvalue weighted by Crippen LogP contribution is -2.14. The number of benzene rings is 2. The third-order valence-corrected chi connectivity index (χ3v) is 4.95. The van der Waals surface area contributed by atoms with Crippen LogP contribution >= 0.6 is 27.5 Å². The van der Waals surface area contributed by atoms with E-state index in [1.807, 2.05) is 0 Å². The van der Waals surface area contributed by atoms with Crippen LogP contribution in [0.4, 0.5) is 15.8 Å². The number of nitrogen functional groups attached to an aromatic ring is 1. The number of sulfonamides is 1. The highest BCUT2D eigenvalue weighted by molar-refractivity contribution is 9.10. The summed E-state index contributed by atoms with van der Waals surface area (Å²) in [5.41, 5.74) is 5.90. The molecule has 0 aliphatic heterocycles. The Labute approximate surface area is 128 Å². The highest BCUT2D eigenvalue weighted by Crippen LogP contribution is 2.27. The fourth-order valence-electron chi connectivity index (χ4n) is 1.55. The molecule has 0 saturated heterocycles. The second kappa shape index (κ2) is 5.59. The Morgan fingerprint density at radius 1 is 1.20 bits per heavy atom. The van der Waals surface area contributed by atoms with Crippen LogP contribution in [0.1, 0.15) is 0 Å². The summed E-state index contributed by atoms with van der Waals surface area (Å²) in [6.45, 7) is 0. The van der Waals surface area contributed by atoms with Crippen LogP contribution in [0.25, 0.3) is 0 Å². The van der Waals surface area contributed by atoms with Gasteiger partial charge in [0.1, 0.15) is 10.7 Å². The molecule has 0 fully saturated rings. The van der Waals surface area contributed by atoms with E-state index in [2.05, 4.69) is 20.7 Å². The molecule has 0 aliphatic carbocycles. The van der Waals surface area contributed by atoms with Gasteiger partial charge >= 0.3 is 0 Å². The van der Waals surface area contributed by atoms with E-state index in [9.17, 15) is 12.8 Å². The number of halogens is 3. The smallest absolute Gasteiger partial charge is 0.263 e. The molecule has 8 heteroatoms. The molecule has 2 aromatic rings. The molecule has 0 heterocycles. The van der Waals surface area contributed by atoms with E-state index in [4.69, 9.17) is 17.3 Å². The monoisotopic (exact) mass is 378 g/mol. The third kappa shape index (κ3) is 3.41. The summed E-state index contributed by atoms with van der Waals surface area (Å²) in [6.07, 6.45) is 0. The number of nitrogens with two attached hydrogens (primary N) is 1. The first kappa shape index (κ1) is 15.1. The minimum absolute atomic E-state index is 0.0318. The normalized spacial score (nSPS) is 11.3. The van der Waals surface area contributed by atoms with E-state index in [1.54, 1.807) is 6.07 Å². The first-order valence-corrected chi connectivity index (χ1v) is 7.97. The topological polar surface area (TPSA) is 72.2 Å². The van der Waals surface area contributed by atoms with Crippen LogP contribution in [0.15, 0.2) is 45.8 Å². The van der Waals surface area contributed by atoms with Gasteiger partial charge in [0.15, 0.2) is 0 Å². The van der Waals surface area contributed by atoms with Crippen LogP contribution in [0.5, 0.6) is 0 Å². The highest BCUT2D eigenvalue weighted by Gasteiger charge is 2.18. The molecule has 0 bridgehead atoms. The molecule has 2 rings (SSSR count). The van der Waals surface area contributed by atoms with Gasteiger partial charge in [0.05, 0.1) is 5.69 Å². The number of hydrogen-bond donors (Lipinski definition) is 2. The summed E-state index contributed by atoms with van der Waals surface area (Å²) >= 11 is 8.81. The Hall–Kier alpha value is -1.31. The Balaban J connectivity index is 2.43. The summed E-state index contributed by atoms with van der Waals surface area (Å²) in [6, 6.07) is 7.79. The van der Waals surface area contributed by atoms with E-state index in [-0.39, 0.29) is 15.6 Å². The van der Waals surface area contributed by atoms with Crippen LogP contribution in [0, 0.1) is 5.82 Å². The van der Waals surface area contributed by atoms with E-state index in [0.717, 1.165) is 12.1 Å². The Morgan fingerprint density at radius 3 is 2.55 bits per heavy atom. The minimum Gasteiger partial charge on any atom is -0.399 e. The van der Waals surface area contributed by atoms with Crippen LogP contribution in [0.2, 0.25) is 5.02 Å². The van der Waals surface area contributed by atoms with Crippen molar-refractivity contribution in [3.63, 3.8) is 0 Å². The molecule has 0 amide bonds. The SMILES string of the molecule is Nc1ccc(Br)c(S(=O)(=O)Nc2cc(F)cc(Cl)c2)c1. The molecule has 0 unspecified atom stereocenters. The van der Waals surface area contributed by atoms with Crippen molar-refractivity contribution in [3.05, 3.63) is 51.7 Å². The predicted molar refractivity (Wildman–Crippen MR) is 80.8 cm³/mol. The minimum atomic E-state index is -3.90. The first-order chi connectivity index (χ1) is 9.28. The molecule has 20 heavy (non-hydrogen) atoms. The Morgan fingerprint density at radius 2 is 1.90 bits per heavy atom. The number of anilines is 2. The zero-order valence-electron chi connectivity index (χ0n) is 9.90. The molecule has 0 aromatic heterocycles. The van der Waals surface area contributed by atoms with E-state index in [1.165, 1.54) is 18.2 Å². The first-order valence-electron chi connectivity index (χ1n) is 5.32. The fourth-order valence-corrected chi connectivity index (χ4v) is 3.81. The molecule has 0 atom stereocenters. The summed E-state index contributed by atoms with van der Waals surface area (Å²) in [4.78, 5) is -0.0436. The van der Waals surface area contributed by atoms with Crippen molar-refractivity contribution in [2.75, 3.05) is 10.5 Å². The predicted octanol–water partition coefficient (Wildman–Crippen LogP) is 3.62. The van der Waals surface area contributed by atoms with Crippen molar-refractivity contribution < 1.29 is 12.8 Å². The Kier molecular flexibility index (Phi) is 4.22. The maximum atomic E-state index is 13.2. The molecule has 0 aliphatic rings. The molecule has 106 valence electrons. The van der Waals surface area contributed by atoms with Crippen molar-refractivity contribution in [1.82, 2.24) is 0 Å². The molecule has 4 nitrogen and oxygen atoms in total. The van der Waals surface area contributed by atoms with E-state index < -0.39 is 15.8 Å². The zero-order valence-corrected chi connectivity index (χ0v) is 13.1. The number of hydrogen-bond acceptors (Lipinski definition) is 3. The van der Waals surface area contributed by atoms with Gasteiger partial charge in [-0.2, -0.15) is 0 Å². The third-order valence-electron chi connectivity index (χ3n) is 2.36. The van der Waals surface area contributed by atoms with E-state index in [0.29, 0.717) is 10.2 Å². The molecular formula is C12H9BrClFN2O2S. The van der Waals surface area contributed by atoms with Crippen molar-refractivity contribution >= 4 is 48.9 Å². The molecule has 0 saturated carbocycles. The highest BCUT2D eigenvalue weighted by atomic mass is 79.9. The van der Waals surface area contributed by atoms with Gasteiger partial charge in [0.2, 0.25) is 0 Å². The molecule has 3 N–H and O–H groups in total. The fraction of sp³-hybridized carbons (Fsp3) is 0. The van der Waals surface area contributed by atoms with Gasteiger partial charge in [-0.25, -0.2) is 12.8 Å². The second-order valence-corrected chi connectivity index (χ2v) is 6.90.